The first-order chi connectivity index (χ1) is 9.62. The summed E-state index contributed by atoms with van der Waals surface area (Å²) in [4.78, 5) is 30.9. The van der Waals surface area contributed by atoms with Crippen molar-refractivity contribution in [3.63, 3.8) is 0 Å². The molecule has 2 heterocycles. The molecule has 1 spiro atoms. The molecule has 1 aromatic rings. The summed E-state index contributed by atoms with van der Waals surface area (Å²) in [6.45, 7) is 2.37. The lowest BCUT2D eigenvalue weighted by molar-refractivity contribution is -0.154. The molecule has 0 radical (unpaired) electrons. The van der Waals surface area contributed by atoms with E-state index < -0.39 is 5.54 Å². The molecule has 2 aliphatic rings. The van der Waals surface area contributed by atoms with Crippen LogP contribution in [0, 0.1) is 0 Å². The second kappa shape index (κ2) is 5.16. The number of hydrogen-bond acceptors (Lipinski definition) is 4. The van der Waals surface area contributed by atoms with Crippen molar-refractivity contribution in [3.8, 4) is 0 Å². The highest BCUT2D eigenvalue weighted by molar-refractivity contribution is 7.09. The molecule has 2 fully saturated rings. The maximum Gasteiger partial charge on any atom is 0.249 e. The summed E-state index contributed by atoms with van der Waals surface area (Å²) in [5.41, 5.74) is -0.619. The Hall–Kier alpha value is -1.43. The number of aromatic nitrogens is 1. The van der Waals surface area contributed by atoms with Gasteiger partial charge in [-0.2, -0.15) is 0 Å². The highest BCUT2D eigenvalue weighted by atomic mass is 32.1. The first-order valence-corrected chi connectivity index (χ1v) is 8.02. The van der Waals surface area contributed by atoms with E-state index >= 15 is 0 Å². The summed E-state index contributed by atoms with van der Waals surface area (Å²) < 4.78 is 0. The Bertz CT molecular complexity index is 508. The molecule has 1 saturated carbocycles. The molecule has 1 N–H and O–H groups in total. The lowest BCUT2D eigenvalue weighted by atomic mass is 9.91. The predicted octanol–water partition coefficient (Wildman–Crippen LogP) is 1.35. The van der Waals surface area contributed by atoms with E-state index in [1.165, 1.54) is 0 Å². The summed E-state index contributed by atoms with van der Waals surface area (Å²) >= 11 is 1.59. The van der Waals surface area contributed by atoms with E-state index in [0.29, 0.717) is 6.54 Å². The number of piperazine rings is 1. The Morgan fingerprint density at radius 3 is 2.85 bits per heavy atom. The number of nitrogens with zero attached hydrogens (tertiary/aromatic N) is 2. The number of carbonyl (C=O) groups excluding carboxylic acids is 2. The number of nitrogens with one attached hydrogen (secondary N) is 1. The van der Waals surface area contributed by atoms with Crippen LogP contribution in [0.4, 0.5) is 0 Å². The average Bonchev–Trinajstić information content (AvgIpc) is 3.09. The van der Waals surface area contributed by atoms with E-state index in [2.05, 4.69) is 10.3 Å². The zero-order chi connectivity index (χ0) is 14.2. The Balaban J connectivity index is 1.76. The number of thiazole rings is 1. The topological polar surface area (TPSA) is 62.3 Å². The van der Waals surface area contributed by atoms with Crippen LogP contribution in [0.15, 0.2) is 11.6 Å². The van der Waals surface area contributed by atoms with Crippen LogP contribution >= 0.6 is 11.3 Å². The molecule has 6 heteroatoms. The van der Waals surface area contributed by atoms with Crippen LogP contribution in [0.25, 0.3) is 0 Å². The minimum atomic E-state index is -0.619. The van der Waals surface area contributed by atoms with Gasteiger partial charge >= 0.3 is 0 Å². The van der Waals surface area contributed by atoms with Crippen molar-refractivity contribution in [1.82, 2.24) is 15.2 Å². The minimum Gasteiger partial charge on any atom is -0.340 e. The second-order valence-corrected chi connectivity index (χ2v) is 6.61. The molecule has 1 aliphatic heterocycles. The van der Waals surface area contributed by atoms with Gasteiger partial charge in [0.15, 0.2) is 0 Å². The lowest BCUT2D eigenvalue weighted by Crippen LogP contribution is -2.68. The van der Waals surface area contributed by atoms with Gasteiger partial charge in [0.1, 0.15) is 11.6 Å². The molecule has 3 rings (SSSR count). The summed E-state index contributed by atoms with van der Waals surface area (Å²) in [6.07, 6.45) is 6.07. The van der Waals surface area contributed by atoms with E-state index in [0.717, 1.165) is 37.1 Å². The van der Waals surface area contributed by atoms with Crippen molar-refractivity contribution in [2.45, 2.75) is 50.6 Å². The predicted molar refractivity (Wildman–Crippen MR) is 76.3 cm³/mol. The lowest BCUT2D eigenvalue weighted by Gasteiger charge is -2.43. The standard InChI is InChI=1S/C14H19N3O2S/c1-10-12(18)16-14(5-2-3-6-14)13(19)17(10)8-4-11-15-7-9-20-11/h7,9-10H,2-6,8H2,1H3,(H,16,18). The van der Waals surface area contributed by atoms with Crippen LogP contribution in [0.2, 0.25) is 0 Å². The van der Waals surface area contributed by atoms with Gasteiger partial charge in [-0.05, 0) is 19.8 Å². The fourth-order valence-corrected chi connectivity index (χ4v) is 3.80. The quantitative estimate of drug-likeness (QED) is 0.915. The van der Waals surface area contributed by atoms with Crippen LogP contribution in [0.3, 0.4) is 0 Å². The van der Waals surface area contributed by atoms with Gasteiger partial charge in [-0.15, -0.1) is 11.3 Å². The van der Waals surface area contributed by atoms with Crippen molar-refractivity contribution < 1.29 is 9.59 Å². The van der Waals surface area contributed by atoms with Crippen molar-refractivity contribution in [3.05, 3.63) is 16.6 Å². The van der Waals surface area contributed by atoms with Gasteiger partial charge in [0.05, 0.1) is 5.01 Å². The summed E-state index contributed by atoms with van der Waals surface area (Å²) in [5, 5.41) is 5.91. The Morgan fingerprint density at radius 2 is 2.20 bits per heavy atom. The van der Waals surface area contributed by atoms with E-state index in [1.807, 2.05) is 5.38 Å². The number of amides is 2. The van der Waals surface area contributed by atoms with Crippen LogP contribution in [0.5, 0.6) is 0 Å². The van der Waals surface area contributed by atoms with Crippen LogP contribution in [-0.4, -0.2) is 39.8 Å². The van der Waals surface area contributed by atoms with Gasteiger partial charge in [0, 0.05) is 24.5 Å². The monoisotopic (exact) mass is 293 g/mol. The fraction of sp³-hybridized carbons (Fsp3) is 0.643. The van der Waals surface area contributed by atoms with Gasteiger partial charge in [0.25, 0.3) is 0 Å². The van der Waals surface area contributed by atoms with Crippen LogP contribution in [-0.2, 0) is 16.0 Å². The van der Waals surface area contributed by atoms with Crippen molar-refractivity contribution in [2.75, 3.05) is 6.54 Å². The third kappa shape index (κ3) is 2.22. The average molecular weight is 293 g/mol. The summed E-state index contributed by atoms with van der Waals surface area (Å²) in [6, 6.07) is -0.381. The Kier molecular flexibility index (Phi) is 3.50. The second-order valence-electron chi connectivity index (χ2n) is 5.63. The summed E-state index contributed by atoms with van der Waals surface area (Å²) in [7, 11) is 0. The number of rotatable bonds is 3. The highest BCUT2D eigenvalue weighted by Gasteiger charge is 2.50. The molecule has 1 saturated heterocycles. The van der Waals surface area contributed by atoms with Crippen molar-refractivity contribution in [1.29, 1.82) is 0 Å². The molecule has 2 amide bonds. The van der Waals surface area contributed by atoms with Gasteiger partial charge < -0.3 is 10.2 Å². The maximum absolute atomic E-state index is 12.8. The zero-order valence-corrected chi connectivity index (χ0v) is 12.4. The largest absolute Gasteiger partial charge is 0.340 e. The number of carbonyl (C=O) groups is 2. The smallest absolute Gasteiger partial charge is 0.249 e. The zero-order valence-electron chi connectivity index (χ0n) is 11.6. The first kappa shape index (κ1) is 13.5. The van der Waals surface area contributed by atoms with Crippen molar-refractivity contribution >= 4 is 23.2 Å². The molecular formula is C14H19N3O2S. The fourth-order valence-electron chi connectivity index (χ4n) is 3.19. The SMILES string of the molecule is CC1C(=O)NC2(CCCC2)C(=O)N1CCc1nccs1. The Labute approximate surface area is 122 Å². The highest BCUT2D eigenvalue weighted by Crippen LogP contribution is 2.34. The molecule has 1 aromatic heterocycles. The van der Waals surface area contributed by atoms with Crippen molar-refractivity contribution in [2.24, 2.45) is 0 Å². The van der Waals surface area contributed by atoms with Crippen LogP contribution < -0.4 is 5.32 Å². The molecule has 1 unspecified atom stereocenters. The molecule has 108 valence electrons. The van der Waals surface area contributed by atoms with Gasteiger partial charge in [-0.25, -0.2) is 4.98 Å². The first-order valence-electron chi connectivity index (χ1n) is 7.14. The van der Waals surface area contributed by atoms with E-state index in [1.54, 1.807) is 29.4 Å². The molecule has 0 bridgehead atoms. The van der Waals surface area contributed by atoms with Crippen LogP contribution in [0.1, 0.15) is 37.6 Å². The van der Waals surface area contributed by atoms with Gasteiger partial charge in [0.2, 0.25) is 11.8 Å². The normalized spacial score (nSPS) is 25.2. The van der Waals surface area contributed by atoms with Gasteiger partial charge in [-0.1, -0.05) is 12.8 Å². The molecule has 1 aliphatic carbocycles. The molecule has 0 aromatic carbocycles. The molecule has 20 heavy (non-hydrogen) atoms. The molecule has 1 atom stereocenters. The minimum absolute atomic E-state index is 0.0226. The van der Waals surface area contributed by atoms with Gasteiger partial charge in [-0.3, -0.25) is 9.59 Å². The summed E-state index contributed by atoms with van der Waals surface area (Å²) in [5.74, 6) is 0.0734. The number of hydrogen-bond donors (Lipinski definition) is 1. The van der Waals surface area contributed by atoms with E-state index in [4.69, 9.17) is 0 Å². The third-order valence-corrected chi connectivity index (χ3v) is 5.23. The van der Waals surface area contributed by atoms with E-state index in [9.17, 15) is 9.59 Å². The molecule has 5 nitrogen and oxygen atoms in total. The Morgan fingerprint density at radius 1 is 1.45 bits per heavy atom. The maximum atomic E-state index is 12.8. The van der Waals surface area contributed by atoms with E-state index in [-0.39, 0.29) is 17.9 Å². The third-order valence-electron chi connectivity index (χ3n) is 4.39. The molecular weight excluding hydrogens is 274 g/mol.